The number of benzene rings is 1. The maximum absolute atomic E-state index is 10.9. The lowest BCUT2D eigenvalue weighted by atomic mass is 10.0. The van der Waals surface area contributed by atoms with Crippen LogP contribution in [0.1, 0.15) is 18.4 Å². The van der Waals surface area contributed by atoms with Gasteiger partial charge in [-0.25, -0.2) is 4.68 Å². The van der Waals surface area contributed by atoms with Crippen LogP contribution in [0.5, 0.6) is 0 Å². The van der Waals surface area contributed by atoms with Crippen molar-refractivity contribution in [1.29, 1.82) is 0 Å². The second-order valence-corrected chi connectivity index (χ2v) is 5.19. The lowest BCUT2D eigenvalue weighted by molar-refractivity contribution is -0.138. The number of carboxylic acid groups (broad SMARTS) is 1. The molecule has 0 saturated heterocycles. The summed E-state index contributed by atoms with van der Waals surface area (Å²) in [5.74, 6) is -1.53. The first kappa shape index (κ1) is 13.1. The van der Waals surface area contributed by atoms with Gasteiger partial charge in [-0.3, -0.25) is 4.79 Å². The van der Waals surface area contributed by atoms with Crippen molar-refractivity contribution in [2.75, 3.05) is 0 Å². The van der Waals surface area contributed by atoms with Gasteiger partial charge in [-0.15, -0.1) is 0 Å². The standard InChI is InChI=1S/C12H10BrClN2O2/c1-7(12(17)18)10-3-2-9(4-11(10)14)16-6-8(13)5-15-16/h2-7H,1H3,(H,17,18). The largest absolute Gasteiger partial charge is 0.481 e. The molecule has 4 nitrogen and oxygen atoms in total. The number of carbonyl (C=O) groups is 1. The fraction of sp³-hybridized carbons (Fsp3) is 0.167. The Bertz CT molecular complexity index is 598. The monoisotopic (exact) mass is 328 g/mol. The molecule has 1 aromatic carbocycles. The minimum absolute atomic E-state index is 0.425. The summed E-state index contributed by atoms with van der Waals surface area (Å²) < 4.78 is 2.52. The molecule has 2 aromatic rings. The summed E-state index contributed by atoms with van der Waals surface area (Å²) in [5, 5.41) is 13.5. The Morgan fingerprint density at radius 3 is 2.78 bits per heavy atom. The highest BCUT2D eigenvalue weighted by molar-refractivity contribution is 9.10. The second-order valence-electron chi connectivity index (χ2n) is 3.87. The zero-order valence-corrected chi connectivity index (χ0v) is 11.8. The molecule has 0 fully saturated rings. The normalized spacial score (nSPS) is 12.4. The van der Waals surface area contributed by atoms with Crippen LogP contribution < -0.4 is 0 Å². The van der Waals surface area contributed by atoms with Gasteiger partial charge < -0.3 is 5.11 Å². The van der Waals surface area contributed by atoms with E-state index in [0.29, 0.717) is 10.6 Å². The third-order valence-corrected chi connectivity index (χ3v) is 3.37. The lowest BCUT2D eigenvalue weighted by Gasteiger charge is -2.10. The molecule has 0 bridgehead atoms. The van der Waals surface area contributed by atoms with Crippen LogP contribution >= 0.6 is 27.5 Å². The smallest absolute Gasteiger partial charge is 0.310 e. The molecule has 6 heteroatoms. The predicted molar refractivity (Wildman–Crippen MR) is 72.3 cm³/mol. The number of carboxylic acids is 1. The Labute approximate surface area is 117 Å². The van der Waals surface area contributed by atoms with Gasteiger partial charge in [0.05, 0.1) is 22.3 Å². The van der Waals surface area contributed by atoms with E-state index in [-0.39, 0.29) is 0 Å². The molecule has 1 unspecified atom stereocenters. The molecule has 0 aliphatic rings. The van der Waals surface area contributed by atoms with Crippen LogP contribution in [0.3, 0.4) is 0 Å². The predicted octanol–water partition coefficient (Wildman–Crippen LogP) is 3.48. The topological polar surface area (TPSA) is 55.1 Å². The van der Waals surface area contributed by atoms with Crippen molar-refractivity contribution in [2.24, 2.45) is 0 Å². The van der Waals surface area contributed by atoms with Crippen molar-refractivity contribution in [3.63, 3.8) is 0 Å². The van der Waals surface area contributed by atoms with Gasteiger partial charge in [0.25, 0.3) is 0 Å². The third-order valence-electron chi connectivity index (χ3n) is 2.64. The first-order chi connectivity index (χ1) is 8.49. The van der Waals surface area contributed by atoms with E-state index in [2.05, 4.69) is 21.0 Å². The summed E-state index contributed by atoms with van der Waals surface area (Å²) in [7, 11) is 0. The Balaban J connectivity index is 2.39. The average Bonchev–Trinajstić information content (AvgIpc) is 2.74. The van der Waals surface area contributed by atoms with Crippen LogP contribution in [-0.2, 0) is 4.79 Å². The van der Waals surface area contributed by atoms with Crippen LogP contribution in [0.15, 0.2) is 35.1 Å². The lowest BCUT2D eigenvalue weighted by Crippen LogP contribution is -2.08. The quantitative estimate of drug-likeness (QED) is 0.938. The van der Waals surface area contributed by atoms with Gasteiger partial charge in [0.1, 0.15) is 0 Å². The molecule has 94 valence electrons. The van der Waals surface area contributed by atoms with Crippen LogP contribution in [0.2, 0.25) is 5.02 Å². The molecule has 18 heavy (non-hydrogen) atoms. The van der Waals surface area contributed by atoms with E-state index in [1.54, 1.807) is 42.2 Å². The summed E-state index contributed by atoms with van der Waals surface area (Å²) in [6.07, 6.45) is 3.47. The van der Waals surface area contributed by atoms with Crippen LogP contribution in [0, 0.1) is 0 Å². The van der Waals surface area contributed by atoms with Gasteiger partial charge >= 0.3 is 5.97 Å². The van der Waals surface area contributed by atoms with Gasteiger partial charge in [0.15, 0.2) is 0 Å². The van der Waals surface area contributed by atoms with E-state index in [4.69, 9.17) is 16.7 Å². The molecule has 0 amide bonds. The highest BCUT2D eigenvalue weighted by atomic mass is 79.9. The molecule has 1 aromatic heterocycles. The molecule has 0 radical (unpaired) electrons. The fourth-order valence-corrected chi connectivity index (χ4v) is 2.21. The van der Waals surface area contributed by atoms with Gasteiger partial charge in [-0.05, 0) is 40.5 Å². The van der Waals surface area contributed by atoms with Gasteiger partial charge in [-0.1, -0.05) is 17.7 Å². The number of rotatable bonds is 3. The van der Waals surface area contributed by atoms with Crippen molar-refractivity contribution in [3.8, 4) is 5.69 Å². The summed E-state index contributed by atoms with van der Waals surface area (Å²) in [5.41, 5.74) is 1.38. The molecule has 0 saturated carbocycles. The SMILES string of the molecule is CC(C(=O)O)c1ccc(-n2cc(Br)cn2)cc1Cl. The summed E-state index contributed by atoms with van der Waals surface area (Å²) >= 11 is 9.42. The molecule has 0 spiro atoms. The first-order valence-electron chi connectivity index (χ1n) is 5.22. The van der Waals surface area contributed by atoms with Gasteiger partial charge in [0.2, 0.25) is 0 Å². The maximum Gasteiger partial charge on any atom is 0.310 e. The molecular formula is C12H10BrClN2O2. The number of nitrogens with zero attached hydrogens (tertiary/aromatic N) is 2. The van der Waals surface area contributed by atoms with E-state index >= 15 is 0 Å². The van der Waals surface area contributed by atoms with Gasteiger partial charge in [0, 0.05) is 11.2 Å². The van der Waals surface area contributed by atoms with Crippen molar-refractivity contribution >= 4 is 33.5 Å². The number of aliphatic carboxylic acids is 1. The van der Waals surface area contributed by atoms with Crippen molar-refractivity contribution in [1.82, 2.24) is 9.78 Å². The van der Waals surface area contributed by atoms with E-state index in [1.807, 2.05) is 0 Å². The van der Waals surface area contributed by atoms with Crippen molar-refractivity contribution in [3.05, 3.63) is 45.7 Å². The van der Waals surface area contributed by atoms with Crippen LogP contribution in [0.25, 0.3) is 5.69 Å². The summed E-state index contributed by atoms with van der Waals surface area (Å²) in [6, 6.07) is 5.21. The van der Waals surface area contributed by atoms with Crippen molar-refractivity contribution in [2.45, 2.75) is 12.8 Å². The number of hydrogen-bond donors (Lipinski definition) is 1. The average molecular weight is 330 g/mol. The number of aromatic nitrogens is 2. The maximum atomic E-state index is 10.9. The first-order valence-corrected chi connectivity index (χ1v) is 6.39. The molecule has 1 atom stereocenters. The molecule has 0 aliphatic carbocycles. The molecule has 2 rings (SSSR count). The van der Waals surface area contributed by atoms with Crippen molar-refractivity contribution < 1.29 is 9.90 Å². The van der Waals surface area contributed by atoms with E-state index in [1.165, 1.54) is 0 Å². The summed E-state index contributed by atoms with van der Waals surface area (Å²) in [4.78, 5) is 10.9. The van der Waals surface area contributed by atoms with E-state index in [9.17, 15) is 4.79 Å². The second kappa shape index (κ2) is 5.12. The molecule has 1 heterocycles. The van der Waals surface area contributed by atoms with Crippen LogP contribution in [-0.4, -0.2) is 20.9 Å². The minimum Gasteiger partial charge on any atom is -0.481 e. The summed E-state index contributed by atoms with van der Waals surface area (Å²) in [6.45, 7) is 1.60. The molecule has 0 aliphatic heterocycles. The van der Waals surface area contributed by atoms with E-state index in [0.717, 1.165) is 10.2 Å². The third kappa shape index (κ3) is 2.57. The Hall–Kier alpha value is -1.33. The van der Waals surface area contributed by atoms with Gasteiger partial charge in [-0.2, -0.15) is 5.10 Å². The Morgan fingerprint density at radius 2 is 2.28 bits per heavy atom. The van der Waals surface area contributed by atoms with E-state index < -0.39 is 11.9 Å². The highest BCUT2D eigenvalue weighted by Crippen LogP contribution is 2.27. The zero-order chi connectivity index (χ0) is 13.3. The number of halogens is 2. The highest BCUT2D eigenvalue weighted by Gasteiger charge is 2.17. The number of hydrogen-bond acceptors (Lipinski definition) is 2. The minimum atomic E-state index is -0.897. The fourth-order valence-electron chi connectivity index (χ4n) is 1.58. The molecule has 1 N–H and O–H groups in total. The van der Waals surface area contributed by atoms with Crippen LogP contribution in [0.4, 0.5) is 0 Å². The molecular weight excluding hydrogens is 320 g/mol. The Morgan fingerprint density at radius 1 is 1.56 bits per heavy atom. The zero-order valence-electron chi connectivity index (χ0n) is 9.47. The Kier molecular flexibility index (Phi) is 3.73.